The molecule has 1 aromatic rings. The average molecular weight is 308 g/mol. The molecule has 112 valence electrons. The van der Waals surface area contributed by atoms with E-state index in [2.05, 4.69) is 6.07 Å². The number of rotatable bonds is 5. The molecule has 1 unspecified atom stereocenters. The van der Waals surface area contributed by atoms with Crippen molar-refractivity contribution in [1.29, 1.82) is 5.26 Å². The van der Waals surface area contributed by atoms with Gasteiger partial charge in [-0.1, -0.05) is 17.7 Å². The van der Waals surface area contributed by atoms with E-state index in [1.807, 2.05) is 11.0 Å². The first-order valence-corrected chi connectivity index (χ1v) is 7.14. The van der Waals surface area contributed by atoms with Crippen LogP contribution in [-0.4, -0.2) is 36.6 Å². The van der Waals surface area contributed by atoms with E-state index in [1.54, 1.807) is 19.2 Å². The summed E-state index contributed by atoms with van der Waals surface area (Å²) in [4.78, 5) is 13.9. The SMILES string of the molecule is COCC1(C(N)=O)CCCN1Cc1ccc(C#N)cc1Cl. The van der Waals surface area contributed by atoms with Gasteiger partial charge >= 0.3 is 0 Å². The van der Waals surface area contributed by atoms with Gasteiger partial charge in [0.2, 0.25) is 5.91 Å². The van der Waals surface area contributed by atoms with Gasteiger partial charge in [0.05, 0.1) is 18.2 Å². The topological polar surface area (TPSA) is 79.3 Å². The van der Waals surface area contributed by atoms with Crippen molar-refractivity contribution in [2.24, 2.45) is 5.73 Å². The minimum Gasteiger partial charge on any atom is -0.382 e. The molecule has 1 fully saturated rings. The van der Waals surface area contributed by atoms with Crippen molar-refractivity contribution in [3.63, 3.8) is 0 Å². The molecule has 1 heterocycles. The number of nitriles is 1. The number of amides is 1. The zero-order chi connectivity index (χ0) is 15.5. The Morgan fingerprint density at radius 1 is 1.62 bits per heavy atom. The number of likely N-dealkylation sites (tertiary alicyclic amines) is 1. The number of hydrogen-bond donors (Lipinski definition) is 1. The van der Waals surface area contributed by atoms with Gasteiger partial charge < -0.3 is 10.5 Å². The van der Waals surface area contributed by atoms with Crippen LogP contribution in [0.4, 0.5) is 0 Å². The van der Waals surface area contributed by atoms with Crippen molar-refractivity contribution in [3.05, 3.63) is 34.3 Å². The summed E-state index contributed by atoms with van der Waals surface area (Å²) in [5, 5.41) is 9.39. The summed E-state index contributed by atoms with van der Waals surface area (Å²) in [5.74, 6) is -0.369. The fourth-order valence-corrected chi connectivity index (χ4v) is 3.11. The first kappa shape index (κ1) is 15.8. The predicted molar refractivity (Wildman–Crippen MR) is 79.6 cm³/mol. The summed E-state index contributed by atoms with van der Waals surface area (Å²) in [5.41, 5.74) is 6.23. The Kier molecular flexibility index (Phi) is 4.84. The number of nitrogens with zero attached hydrogens (tertiary/aromatic N) is 2. The van der Waals surface area contributed by atoms with E-state index in [9.17, 15) is 4.79 Å². The lowest BCUT2D eigenvalue weighted by Crippen LogP contribution is -2.56. The van der Waals surface area contributed by atoms with Crippen LogP contribution in [0.15, 0.2) is 18.2 Å². The van der Waals surface area contributed by atoms with Gasteiger partial charge in [0.1, 0.15) is 5.54 Å². The minimum atomic E-state index is -0.772. The molecular weight excluding hydrogens is 290 g/mol. The van der Waals surface area contributed by atoms with E-state index in [0.717, 1.165) is 18.5 Å². The molecule has 6 heteroatoms. The fraction of sp³-hybridized carbons (Fsp3) is 0.467. The van der Waals surface area contributed by atoms with Crippen molar-refractivity contribution in [3.8, 4) is 6.07 Å². The number of hydrogen-bond acceptors (Lipinski definition) is 4. The third kappa shape index (κ3) is 3.03. The fourth-order valence-electron chi connectivity index (χ4n) is 2.87. The maximum Gasteiger partial charge on any atom is 0.240 e. The molecule has 2 N–H and O–H groups in total. The lowest BCUT2D eigenvalue weighted by atomic mass is 9.95. The second-order valence-corrected chi connectivity index (χ2v) is 5.68. The van der Waals surface area contributed by atoms with Crippen molar-refractivity contribution in [2.75, 3.05) is 20.3 Å². The Morgan fingerprint density at radius 2 is 2.38 bits per heavy atom. The Morgan fingerprint density at radius 3 is 2.95 bits per heavy atom. The number of nitrogens with two attached hydrogens (primary N) is 1. The molecule has 1 amide bonds. The number of carbonyl (C=O) groups excluding carboxylic acids is 1. The normalized spacial score (nSPS) is 22.1. The van der Waals surface area contributed by atoms with Gasteiger partial charge in [-0.15, -0.1) is 0 Å². The van der Waals surface area contributed by atoms with Crippen LogP contribution in [0.25, 0.3) is 0 Å². The molecule has 1 atom stereocenters. The van der Waals surface area contributed by atoms with Gasteiger partial charge in [0, 0.05) is 18.7 Å². The van der Waals surface area contributed by atoms with E-state index in [-0.39, 0.29) is 12.5 Å². The molecule has 0 aromatic heterocycles. The second kappa shape index (κ2) is 6.44. The van der Waals surface area contributed by atoms with E-state index in [1.165, 1.54) is 0 Å². The number of primary amides is 1. The lowest BCUT2D eigenvalue weighted by molar-refractivity contribution is -0.132. The Labute approximate surface area is 129 Å². The number of benzene rings is 1. The minimum absolute atomic E-state index is 0.274. The highest BCUT2D eigenvalue weighted by atomic mass is 35.5. The van der Waals surface area contributed by atoms with Gasteiger partial charge in [-0.25, -0.2) is 0 Å². The number of ether oxygens (including phenoxy) is 1. The van der Waals surface area contributed by atoms with Crippen LogP contribution >= 0.6 is 11.6 Å². The average Bonchev–Trinajstić information content (AvgIpc) is 2.85. The monoisotopic (exact) mass is 307 g/mol. The molecule has 21 heavy (non-hydrogen) atoms. The zero-order valence-corrected chi connectivity index (χ0v) is 12.7. The van der Waals surface area contributed by atoms with Crippen LogP contribution in [0.2, 0.25) is 5.02 Å². The molecule has 5 nitrogen and oxygen atoms in total. The van der Waals surface area contributed by atoms with E-state index in [0.29, 0.717) is 23.6 Å². The third-order valence-electron chi connectivity index (χ3n) is 4.01. The molecular formula is C15H18ClN3O2. The van der Waals surface area contributed by atoms with Crippen molar-refractivity contribution in [1.82, 2.24) is 4.90 Å². The molecule has 1 aliphatic rings. The molecule has 0 saturated carbocycles. The highest BCUT2D eigenvalue weighted by molar-refractivity contribution is 6.31. The molecule has 1 saturated heterocycles. The summed E-state index contributed by atoms with van der Waals surface area (Å²) >= 11 is 6.21. The highest BCUT2D eigenvalue weighted by Gasteiger charge is 2.46. The van der Waals surface area contributed by atoms with Gasteiger partial charge in [0.25, 0.3) is 0 Å². The van der Waals surface area contributed by atoms with E-state index >= 15 is 0 Å². The quantitative estimate of drug-likeness (QED) is 0.897. The summed E-state index contributed by atoms with van der Waals surface area (Å²) in [6, 6.07) is 7.22. The zero-order valence-electron chi connectivity index (χ0n) is 11.9. The van der Waals surface area contributed by atoms with Gasteiger partial charge in [0.15, 0.2) is 0 Å². The van der Waals surface area contributed by atoms with Crippen LogP contribution < -0.4 is 5.73 Å². The first-order chi connectivity index (χ1) is 10.0. The van der Waals surface area contributed by atoms with Crippen molar-refractivity contribution >= 4 is 17.5 Å². The Bertz CT molecular complexity index is 585. The first-order valence-electron chi connectivity index (χ1n) is 6.76. The summed E-state index contributed by atoms with van der Waals surface area (Å²) < 4.78 is 5.21. The van der Waals surface area contributed by atoms with Crippen molar-refractivity contribution in [2.45, 2.75) is 24.9 Å². The molecule has 1 aliphatic heterocycles. The predicted octanol–water partition coefficient (Wildman–Crippen LogP) is 1.68. The van der Waals surface area contributed by atoms with E-state index < -0.39 is 5.54 Å². The highest BCUT2D eigenvalue weighted by Crippen LogP contribution is 2.32. The molecule has 0 spiro atoms. The molecule has 1 aromatic carbocycles. The van der Waals surface area contributed by atoms with Crippen LogP contribution in [0, 0.1) is 11.3 Å². The Balaban J connectivity index is 2.25. The lowest BCUT2D eigenvalue weighted by Gasteiger charge is -2.35. The Hall–Kier alpha value is -1.61. The van der Waals surface area contributed by atoms with Crippen LogP contribution in [0.3, 0.4) is 0 Å². The molecule has 2 rings (SSSR count). The summed E-state index contributed by atoms with van der Waals surface area (Å²) in [6.45, 7) is 1.55. The van der Waals surface area contributed by atoms with Crippen molar-refractivity contribution < 1.29 is 9.53 Å². The van der Waals surface area contributed by atoms with Gasteiger partial charge in [-0.3, -0.25) is 9.69 Å². The second-order valence-electron chi connectivity index (χ2n) is 5.27. The maximum absolute atomic E-state index is 11.9. The molecule has 0 bridgehead atoms. The maximum atomic E-state index is 11.9. The smallest absolute Gasteiger partial charge is 0.240 e. The van der Waals surface area contributed by atoms with Crippen LogP contribution in [0.1, 0.15) is 24.0 Å². The van der Waals surface area contributed by atoms with Crippen LogP contribution in [0.5, 0.6) is 0 Å². The summed E-state index contributed by atoms with van der Waals surface area (Å²) in [7, 11) is 1.57. The van der Waals surface area contributed by atoms with Gasteiger partial charge in [-0.2, -0.15) is 5.26 Å². The third-order valence-corrected chi connectivity index (χ3v) is 4.36. The standard InChI is InChI=1S/C15H18ClN3O2/c1-21-10-15(14(18)20)5-2-6-19(15)9-12-4-3-11(8-17)7-13(12)16/h3-4,7H,2,5-6,9-10H2,1H3,(H2,18,20). The summed E-state index contributed by atoms with van der Waals surface area (Å²) in [6.07, 6.45) is 1.57. The van der Waals surface area contributed by atoms with Crippen LogP contribution in [-0.2, 0) is 16.1 Å². The largest absolute Gasteiger partial charge is 0.382 e. The van der Waals surface area contributed by atoms with Gasteiger partial charge in [-0.05, 0) is 37.1 Å². The number of halogens is 1. The molecule has 0 radical (unpaired) electrons. The number of methoxy groups -OCH3 is 1. The molecule has 0 aliphatic carbocycles. The number of carbonyl (C=O) groups is 1. The van der Waals surface area contributed by atoms with E-state index in [4.69, 9.17) is 27.3 Å².